The van der Waals surface area contributed by atoms with E-state index in [1.165, 1.54) is 23.5 Å². The monoisotopic (exact) mass is 491 g/mol. The molecule has 1 aliphatic carbocycles. The van der Waals surface area contributed by atoms with Gasteiger partial charge in [-0.05, 0) is 56.0 Å². The number of carbonyl (C=O) groups is 1. The lowest BCUT2D eigenvalue weighted by molar-refractivity contribution is -0.148. The largest absolute Gasteiger partial charge is 0.481 e. The highest BCUT2D eigenvalue weighted by atomic mass is 32.2. The molecular formula is C25H24F3NO2S2. The molecule has 1 N–H and O–H groups in total. The number of aliphatic carboxylic acids is 1. The third kappa shape index (κ3) is 5.44. The molecule has 1 saturated carbocycles. The number of thioether (sulfide) groups is 1. The van der Waals surface area contributed by atoms with Crippen molar-refractivity contribution >= 4 is 29.1 Å². The Kier molecular flexibility index (Phi) is 6.86. The predicted molar refractivity (Wildman–Crippen MR) is 126 cm³/mol. The Labute approximate surface area is 199 Å². The number of thiazole rings is 1. The van der Waals surface area contributed by atoms with Gasteiger partial charge in [0.2, 0.25) is 0 Å². The summed E-state index contributed by atoms with van der Waals surface area (Å²) in [4.78, 5) is 18.5. The molecule has 0 spiro atoms. The van der Waals surface area contributed by atoms with Crippen molar-refractivity contribution in [2.45, 2.75) is 55.9 Å². The molecule has 0 saturated heterocycles. The first-order valence-corrected chi connectivity index (χ1v) is 12.6. The van der Waals surface area contributed by atoms with Gasteiger partial charge in [-0.25, -0.2) is 4.98 Å². The molecule has 1 aliphatic rings. The molecule has 0 aliphatic heterocycles. The smallest absolute Gasteiger partial charge is 0.416 e. The van der Waals surface area contributed by atoms with E-state index in [1.807, 2.05) is 31.2 Å². The van der Waals surface area contributed by atoms with E-state index in [4.69, 9.17) is 0 Å². The molecule has 0 unspecified atom stereocenters. The Hall–Kier alpha value is -2.32. The van der Waals surface area contributed by atoms with E-state index in [0.717, 1.165) is 58.8 Å². The summed E-state index contributed by atoms with van der Waals surface area (Å²) in [5.74, 6) is 0.0192. The first kappa shape index (κ1) is 23.8. The number of hydrogen-bond donors (Lipinski definition) is 1. The third-order valence-corrected chi connectivity index (χ3v) is 8.63. The van der Waals surface area contributed by atoms with Gasteiger partial charge >= 0.3 is 12.1 Å². The average molecular weight is 492 g/mol. The molecule has 174 valence electrons. The van der Waals surface area contributed by atoms with Gasteiger partial charge in [-0.15, -0.1) is 23.1 Å². The van der Waals surface area contributed by atoms with Gasteiger partial charge in [0, 0.05) is 21.1 Å². The second-order valence-corrected chi connectivity index (χ2v) is 10.6. The Balaban J connectivity index is 1.39. The van der Waals surface area contributed by atoms with Crippen LogP contribution in [0, 0.1) is 12.3 Å². The summed E-state index contributed by atoms with van der Waals surface area (Å²) in [7, 11) is 0. The second-order valence-electron chi connectivity index (χ2n) is 8.50. The van der Waals surface area contributed by atoms with Gasteiger partial charge in [-0.1, -0.05) is 37.1 Å². The van der Waals surface area contributed by atoms with E-state index in [2.05, 4.69) is 4.98 Å². The molecule has 1 fully saturated rings. The minimum absolute atomic E-state index is 0.567. The standard InChI is InChI=1S/C25H24F3NO2S2/c1-16-21(33-22(29-16)18-6-8-19(9-7-18)25(26,27)28)15-32-20-10-4-17(5-11-20)14-24(23(30)31)12-2-3-13-24/h4-11H,2-3,12-15H2,1H3,(H,30,31). The zero-order valence-corrected chi connectivity index (χ0v) is 19.7. The molecule has 4 rings (SSSR count). The van der Waals surface area contributed by atoms with Crippen molar-refractivity contribution in [2.24, 2.45) is 5.41 Å². The normalized spacial score (nSPS) is 15.6. The van der Waals surface area contributed by atoms with Gasteiger partial charge < -0.3 is 5.11 Å². The van der Waals surface area contributed by atoms with Gasteiger partial charge in [-0.3, -0.25) is 4.79 Å². The molecule has 1 heterocycles. The van der Waals surface area contributed by atoms with E-state index in [-0.39, 0.29) is 0 Å². The lowest BCUT2D eigenvalue weighted by atomic mass is 9.80. The number of carboxylic acid groups (broad SMARTS) is 1. The molecule has 8 heteroatoms. The van der Waals surface area contributed by atoms with Crippen LogP contribution in [-0.2, 0) is 23.1 Å². The number of nitrogens with zero attached hydrogens (tertiary/aromatic N) is 1. The Bertz CT molecular complexity index is 1120. The van der Waals surface area contributed by atoms with Crippen molar-refractivity contribution in [3.8, 4) is 10.6 Å². The fourth-order valence-corrected chi connectivity index (χ4v) is 6.36. The van der Waals surface area contributed by atoms with Crippen LogP contribution in [0.2, 0.25) is 0 Å². The van der Waals surface area contributed by atoms with Crippen LogP contribution in [0.5, 0.6) is 0 Å². The van der Waals surface area contributed by atoms with Crippen LogP contribution in [0.4, 0.5) is 13.2 Å². The summed E-state index contributed by atoms with van der Waals surface area (Å²) in [6.07, 6.45) is -0.348. The topological polar surface area (TPSA) is 50.2 Å². The Morgan fingerprint density at radius 3 is 2.30 bits per heavy atom. The van der Waals surface area contributed by atoms with Crippen molar-refractivity contribution in [1.29, 1.82) is 0 Å². The summed E-state index contributed by atoms with van der Waals surface area (Å²) >= 11 is 3.16. The summed E-state index contributed by atoms with van der Waals surface area (Å²) in [5.41, 5.74) is 1.31. The zero-order valence-electron chi connectivity index (χ0n) is 18.1. The van der Waals surface area contributed by atoms with E-state index in [1.54, 1.807) is 11.8 Å². The van der Waals surface area contributed by atoms with Gasteiger partial charge in [0.15, 0.2) is 0 Å². The molecule has 0 amide bonds. The quantitative estimate of drug-likeness (QED) is 0.346. The van der Waals surface area contributed by atoms with E-state index < -0.39 is 23.1 Å². The number of alkyl halides is 3. The molecule has 0 bridgehead atoms. The van der Waals surface area contributed by atoms with E-state index in [0.29, 0.717) is 22.7 Å². The number of benzene rings is 2. The minimum atomic E-state index is -4.35. The summed E-state index contributed by atoms with van der Waals surface area (Å²) in [5, 5.41) is 10.4. The molecule has 2 aromatic carbocycles. The maximum atomic E-state index is 12.8. The van der Waals surface area contributed by atoms with Crippen LogP contribution in [0.25, 0.3) is 10.6 Å². The highest BCUT2D eigenvalue weighted by Crippen LogP contribution is 2.41. The van der Waals surface area contributed by atoms with E-state index in [9.17, 15) is 23.1 Å². The number of rotatable bonds is 7. The maximum absolute atomic E-state index is 12.8. The fourth-order valence-electron chi connectivity index (χ4n) is 4.25. The molecule has 1 aromatic heterocycles. The fraction of sp³-hybridized carbons (Fsp3) is 0.360. The highest BCUT2D eigenvalue weighted by Gasteiger charge is 2.41. The van der Waals surface area contributed by atoms with Crippen LogP contribution >= 0.6 is 23.1 Å². The van der Waals surface area contributed by atoms with Crippen LogP contribution in [0.15, 0.2) is 53.4 Å². The average Bonchev–Trinajstić information content (AvgIpc) is 3.40. The van der Waals surface area contributed by atoms with Crippen LogP contribution < -0.4 is 0 Å². The first-order chi connectivity index (χ1) is 15.7. The van der Waals surface area contributed by atoms with Crippen molar-refractivity contribution in [3.05, 3.63) is 70.2 Å². The van der Waals surface area contributed by atoms with Crippen LogP contribution in [0.1, 0.15) is 47.4 Å². The Morgan fingerprint density at radius 2 is 1.73 bits per heavy atom. The molecule has 0 atom stereocenters. The van der Waals surface area contributed by atoms with Crippen molar-refractivity contribution in [1.82, 2.24) is 4.98 Å². The lowest BCUT2D eigenvalue weighted by Crippen LogP contribution is -2.30. The number of aromatic nitrogens is 1. The van der Waals surface area contributed by atoms with Gasteiger partial charge in [0.25, 0.3) is 0 Å². The molecule has 0 radical (unpaired) electrons. The van der Waals surface area contributed by atoms with Gasteiger partial charge in [0.05, 0.1) is 16.7 Å². The van der Waals surface area contributed by atoms with Gasteiger partial charge in [0.1, 0.15) is 5.01 Å². The number of aryl methyl sites for hydroxylation is 1. The second kappa shape index (κ2) is 9.50. The summed E-state index contributed by atoms with van der Waals surface area (Å²) in [6, 6.07) is 13.2. The summed E-state index contributed by atoms with van der Waals surface area (Å²) < 4.78 is 38.4. The van der Waals surface area contributed by atoms with Crippen molar-refractivity contribution in [3.63, 3.8) is 0 Å². The van der Waals surface area contributed by atoms with Crippen molar-refractivity contribution < 1.29 is 23.1 Å². The van der Waals surface area contributed by atoms with Crippen LogP contribution in [-0.4, -0.2) is 16.1 Å². The molecule has 3 nitrogen and oxygen atoms in total. The minimum Gasteiger partial charge on any atom is -0.481 e. The SMILES string of the molecule is Cc1nc(-c2ccc(C(F)(F)F)cc2)sc1CSc1ccc(CC2(C(=O)O)CCCC2)cc1. The molecule has 33 heavy (non-hydrogen) atoms. The molecule has 3 aromatic rings. The highest BCUT2D eigenvalue weighted by molar-refractivity contribution is 7.98. The first-order valence-electron chi connectivity index (χ1n) is 10.8. The molecular weight excluding hydrogens is 467 g/mol. The van der Waals surface area contributed by atoms with Crippen LogP contribution in [0.3, 0.4) is 0 Å². The van der Waals surface area contributed by atoms with Crippen molar-refractivity contribution in [2.75, 3.05) is 0 Å². The lowest BCUT2D eigenvalue weighted by Gasteiger charge is -2.23. The maximum Gasteiger partial charge on any atom is 0.416 e. The summed E-state index contributed by atoms with van der Waals surface area (Å²) in [6.45, 7) is 1.91. The third-order valence-electron chi connectivity index (χ3n) is 6.20. The van der Waals surface area contributed by atoms with Gasteiger partial charge in [-0.2, -0.15) is 13.2 Å². The Morgan fingerprint density at radius 1 is 1.09 bits per heavy atom. The number of carboxylic acids is 1. The van der Waals surface area contributed by atoms with E-state index >= 15 is 0 Å². The number of hydrogen-bond acceptors (Lipinski definition) is 4. The number of halogens is 3. The zero-order chi connectivity index (χ0) is 23.6. The predicted octanol–water partition coefficient (Wildman–Crippen LogP) is 7.62.